The van der Waals surface area contributed by atoms with Crippen LogP contribution in [-0.2, 0) is 9.53 Å². The van der Waals surface area contributed by atoms with E-state index in [0.29, 0.717) is 23.3 Å². The number of alkyl halides is 1. The number of hydrogen-bond donors (Lipinski definition) is 1. The largest absolute Gasteiger partial charge is 0.481 e. The van der Waals surface area contributed by atoms with Crippen molar-refractivity contribution in [2.75, 3.05) is 7.11 Å². The number of carboxylic acids is 1. The molecule has 43 heavy (non-hydrogen) atoms. The van der Waals surface area contributed by atoms with Crippen LogP contribution in [-0.4, -0.2) is 30.3 Å². The van der Waals surface area contributed by atoms with Crippen molar-refractivity contribution in [3.8, 4) is 0 Å². The molecule has 1 aromatic carbocycles. The molecule has 0 bridgehead atoms. The topological polar surface area (TPSA) is 63.6 Å². The molecule has 0 radical (unpaired) electrons. The van der Waals surface area contributed by atoms with Crippen LogP contribution >= 0.6 is 0 Å². The van der Waals surface area contributed by atoms with Gasteiger partial charge in [-0.1, -0.05) is 60.6 Å². The number of benzene rings is 1. The van der Waals surface area contributed by atoms with Gasteiger partial charge < -0.3 is 9.84 Å². The van der Waals surface area contributed by atoms with Crippen LogP contribution in [0, 0.1) is 62.6 Å². The zero-order valence-corrected chi connectivity index (χ0v) is 27.6. The zero-order valence-electron chi connectivity index (χ0n) is 27.6. The molecule has 0 aliphatic heterocycles. The highest BCUT2D eigenvalue weighted by atomic mass is 19.1. The summed E-state index contributed by atoms with van der Waals surface area (Å²) >= 11 is 0. The summed E-state index contributed by atoms with van der Waals surface area (Å²) in [6, 6.07) is 7.45. The van der Waals surface area contributed by atoms with Gasteiger partial charge >= 0.3 is 11.9 Å². The van der Waals surface area contributed by atoms with Crippen molar-refractivity contribution in [2.45, 2.75) is 106 Å². The molecule has 0 aromatic heterocycles. The van der Waals surface area contributed by atoms with Crippen molar-refractivity contribution in [3.63, 3.8) is 0 Å². The van der Waals surface area contributed by atoms with Gasteiger partial charge in [0.05, 0.1) is 18.1 Å². The van der Waals surface area contributed by atoms with Crippen molar-refractivity contribution in [1.29, 1.82) is 0 Å². The number of fused-ring (bicyclic) bond motifs is 7. The lowest BCUT2D eigenvalue weighted by atomic mass is 9.32. The molecule has 0 heterocycles. The molecular formula is C38H53FO4. The fraction of sp³-hybridized carbons (Fsp3) is 0.737. The summed E-state index contributed by atoms with van der Waals surface area (Å²) < 4.78 is 21.9. The van der Waals surface area contributed by atoms with Crippen LogP contribution in [0.1, 0.15) is 116 Å². The van der Waals surface area contributed by atoms with Crippen LogP contribution in [0.3, 0.4) is 0 Å². The summed E-state index contributed by atoms with van der Waals surface area (Å²) in [7, 11) is 1.38. The summed E-state index contributed by atoms with van der Waals surface area (Å²) in [6.45, 7) is 16.4. The van der Waals surface area contributed by atoms with Crippen LogP contribution in [0.25, 0.3) is 5.57 Å². The number of allylic oxidation sites excluding steroid dienone is 2. The Labute approximate surface area is 258 Å². The first kappa shape index (κ1) is 30.8. The summed E-state index contributed by atoms with van der Waals surface area (Å²) in [5, 5.41) is 10.7. The first-order valence-electron chi connectivity index (χ1n) is 16.9. The Morgan fingerprint density at radius 3 is 2.16 bits per heavy atom. The maximum atomic E-state index is 17.1. The van der Waals surface area contributed by atoms with Crippen molar-refractivity contribution in [2.24, 2.45) is 62.6 Å². The highest BCUT2D eigenvalue weighted by Crippen LogP contribution is 2.78. The third-order valence-corrected chi connectivity index (χ3v) is 15.0. The maximum Gasteiger partial charge on any atom is 0.337 e. The predicted molar refractivity (Wildman–Crippen MR) is 168 cm³/mol. The molecule has 10 atom stereocenters. The van der Waals surface area contributed by atoms with Crippen LogP contribution in [0.5, 0.6) is 0 Å². The van der Waals surface area contributed by atoms with Crippen LogP contribution in [0.4, 0.5) is 4.39 Å². The average molecular weight is 593 g/mol. The Kier molecular flexibility index (Phi) is 7.11. The van der Waals surface area contributed by atoms with Crippen LogP contribution < -0.4 is 0 Å². The molecule has 4 saturated carbocycles. The van der Waals surface area contributed by atoms with Gasteiger partial charge in [0.2, 0.25) is 0 Å². The number of methoxy groups -OCH3 is 1. The molecule has 0 amide bonds. The molecule has 236 valence electrons. The second kappa shape index (κ2) is 9.91. The van der Waals surface area contributed by atoms with Gasteiger partial charge in [-0.25, -0.2) is 9.18 Å². The normalized spacial score (nSPS) is 44.8. The number of hydrogen-bond acceptors (Lipinski definition) is 3. The van der Waals surface area contributed by atoms with E-state index in [-0.39, 0.29) is 40.0 Å². The Morgan fingerprint density at radius 1 is 0.884 bits per heavy atom. The van der Waals surface area contributed by atoms with Crippen LogP contribution in [0.2, 0.25) is 0 Å². The predicted octanol–water partition coefficient (Wildman–Crippen LogP) is 9.24. The molecule has 1 aromatic rings. The minimum atomic E-state index is -1.07. The van der Waals surface area contributed by atoms with Gasteiger partial charge in [0.15, 0.2) is 0 Å². The maximum absolute atomic E-state index is 17.1. The number of halogens is 1. The van der Waals surface area contributed by atoms with Gasteiger partial charge in [-0.05, 0) is 132 Å². The lowest BCUT2D eigenvalue weighted by Gasteiger charge is -2.72. The van der Waals surface area contributed by atoms with E-state index in [4.69, 9.17) is 4.74 Å². The summed E-state index contributed by atoms with van der Waals surface area (Å²) in [5.74, 6) is 1.02. The highest BCUT2D eigenvalue weighted by Gasteiger charge is 2.73. The smallest absolute Gasteiger partial charge is 0.337 e. The van der Waals surface area contributed by atoms with E-state index < -0.39 is 23.0 Å². The highest BCUT2D eigenvalue weighted by molar-refractivity contribution is 5.90. The fourth-order valence-corrected chi connectivity index (χ4v) is 12.7. The Morgan fingerprint density at radius 2 is 1.56 bits per heavy atom. The van der Waals surface area contributed by atoms with Gasteiger partial charge in [-0.2, -0.15) is 0 Å². The van der Waals surface area contributed by atoms with Gasteiger partial charge in [0, 0.05) is 5.41 Å². The Hall–Kier alpha value is -2.17. The number of ether oxygens (including phenoxy) is 1. The quantitative estimate of drug-likeness (QED) is 0.354. The Balaban J connectivity index is 1.38. The standard InChI is InChI=1S/C38H53FO4/c1-22(2)25-15-18-38(33(41)42)20-19-35(5)26(31(25)38)13-14-29-36(35,6)17-16-28-34(3,4)27(21-30(39)37(28,29)7)23-9-11-24(12-10-23)32(40)43-8/h9-12,21-22,25-26,28-31H,13-20H2,1-8H3,(H,41,42)/t25-,26+,28-,29-,30?,31+,35+,36+,37-,38-/m0/s1. The van der Waals surface area contributed by atoms with Crippen molar-refractivity contribution >= 4 is 17.5 Å². The summed E-state index contributed by atoms with van der Waals surface area (Å²) in [6.07, 6.45) is 8.42. The average Bonchev–Trinajstić information content (AvgIpc) is 3.37. The van der Waals surface area contributed by atoms with E-state index in [0.717, 1.165) is 62.5 Å². The molecule has 1 N–H and O–H groups in total. The van der Waals surface area contributed by atoms with E-state index in [2.05, 4.69) is 48.5 Å². The Bertz CT molecular complexity index is 1330. The van der Waals surface area contributed by atoms with E-state index in [1.807, 2.05) is 18.2 Å². The molecule has 0 spiro atoms. The molecule has 5 heteroatoms. The molecule has 4 fully saturated rings. The molecule has 5 aliphatic rings. The third kappa shape index (κ3) is 3.90. The van der Waals surface area contributed by atoms with Crippen molar-refractivity contribution in [1.82, 2.24) is 0 Å². The number of esters is 1. The molecule has 1 unspecified atom stereocenters. The number of carbonyl (C=O) groups is 2. The second-order valence-electron chi connectivity index (χ2n) is 16.7. The number of aliphatic carboxylic acids is 1. The van der Waals surface area contributed by atoms with Crippen LogP contribution in [0.15, 0.2) is 30.3 Å². The molecular weight excluding hydrogens is 539 g/mol. The summed E-state index contributed by atoms with van der Waals surface area (Å²) in [4.78, 5) is 25.0. The first-order valence-corrected chi connectivity index (χ1v) is 16.9. The number of rotatable bonds is 4. The van der Waals surface area contributed by atoms with Gasteiger partial charge in [-0.3, -0.25) is 4.79 Å². The minimum Gasteiger partial charge on any atom is -0.481 e. The monoisotopic (exact) mass is 592 g/mol. The fourth-order valence-electron chi connectivity index (χ4n) is 12.7. The number of carboxylic acid groups (broad SMARTS) is 1. The minimum absolute atomic E-state index is 0.00254. The van der Waals surface area contributed by atoms with E-state index in [1.54, 1.807) is 12.1 Å². The van der Waals surface area contributed by atoms with E-state index in [9.17, 15) is 14.7 Å². The molecule has 4 nitrogen and oxygen atoms in total. The van der Waals surface area contributed by atoms with Gasteiger partial charge in [0.25, 0.3) is 0 Å². The third-order valence-electron chi connectivity index (χ3n) is 15.0. The second-order valence-corrected chi connectivity index (χ2v) is 16.7. The molecule has 6 rings (SSSR count). The first-order chi connectivity index (χ1) is 20.1. The van der Waals surface area contributed by atoms with Gasteiger partial charge in [-0.15, -0.1) is 0 Å². The zero-order chi connectivity index (χ0) is 31.3. The van der Waals surface area contributed by atoms with Crippen molar-refractivity contribution in [3.05, 3.63) is 41.5 Å². The van der Waals surface area contributed by atoms with E-state index in [1.165, 1.54) is 7.11 Å². The molecule has 0 saturated heterocycles. The lowest BCUT2D eigenvalue weighted by Crippen LogP contribution is -2.67. The number of carbonyl (C=O) groups excluding carboxylic acids is 1. The lowest BCUT2D eigenvalue weighted by molar-refractivity contribution is -0.239. The van der Waals surface area contributed by atoms with Crippen molar-refractivity contribution < 1.29 is 23.8 Å². The summed E-state index contributed by atoms with van der Waals surface area (Å²) in [5.41, 5.74) is 1.17. The van der Waals surface area contributed by atoms with E-state index >= 15 is 4.39 Å². The van der Waals surface area contributed by atoms with Gasteiger partial charge in [0.1, 0.15) is 6.17 Å². The SMILES string of the molecule is COC(=O)c1ccc(C2=CC(F)[C@]3(C)[C@H]4CC[C@@H]5[C@H]6[C@H](C(C)C)CC[C@]6(C(=O)O)CC[C@@]5(C)[C@]4(C)CC[C@H]3C2(C)C)cc1. The molecule has 5 aliphatic carbocycles.